The number of nitrogen functional groups attached to an aromatic ring is 1. The number of hydrogen-bond acceptors (Lipinski definition) is 7. The van der Waals surface area contributed by atoms with Crippen molar-refractivity contribution in [2.75, 3.05) is 11.1 Å². The summed E-state index contributed by atoms with van der Waals surface area (Å²) in [4.78, 5) is 10.6. The lowest BCUT2D eigenvalue weighted by Crippen LogP contribution is -2.13. The molecule has 3 aromatic heterocycles. The Morgan fingerprint density at radius 3 is 2.90 bits per heavy atom. The molecule has 0 aliphatic carbocycles. The molecule has 0 amide bonds. The highest BCUT2D eigenvalue weighted by Crippen LogP contribution is 2.30. The number of nitrogens with two attached hydrogens (primary N) is 1. The standard InChI is InChI=1S/C12H15N7S/c1-6-4-8-9(16-12(13)17-11(8)20-6)15-7(2)10-18-14-5-19(10)3/h4-5,7H,1-3H3,(H3,13,15,16,17). The highest BCUT2D eigenvalue weighted by molar-refractivity contribution is 7.18. The van der Waals surface area contributed by atoms with E-state index in [1.54, 1.807) is 17.7 Å². The minimum Gasteiger partial charge on any atom is -0.368 e. The number of nitrogens with one attached hydrogen (secondary N) is 1. The second-order valence-corrected chi connectivity index (χ2v) is 5.91. The van der Waals surface area contributed by atoms with Gasteiger partial charge in [0.1, 0.15) is 17.0 Å². The van der Waals surface area contributed by atoms with Gasteiger partial charge in [0.25, 0.3) is 0 Å². The van der Waals surface area contributed by atoms with Gasteiger partial charge in [0.05, 0.1) is 11.4 Å². The van der Waals surface area contributed by atoms with Crippen molar-refractivity contribution in [2.45, 2.75) is 19.9 Å². The van der Waals surface area contributed by atoms with Gasteiger partial charge in [-0.25, -0.2) is 4.98 Å². The summed E-state index contributed by atoms with van der Waals surface area (Å²) in [5, 5.41) is 12.3. The minimum absolute atomic E-state index is 0.0276. The normalized spacial score (nSPS) is 12.8. The SMILES string of the molecule is Cc1cc2c(NC(C)c3nncn3C)nc(N)nc2s1. The zero-order valence-electron chi connectivity index (χ0n) is 11.5. The third-order valence-electron chi connectivity index (χ3n) is 3.02. The highest BCUT2D eigenvalue weighted by atomic mass is 32.1. The zero-order chi connectivity index (χ0) is 14.3. The van der Waals surface area contributed by atoms with E-state index in [-0.39, 0.29) is 12.0 Å². The predicted octanol–water partition coefficient (Wildman–Crippen LogP) is 1.88. The Morgan fingerprint density at radius 1 is 1.40 bits per heavy atom. The number of aromatic nitrogens is 5. The number of hydrogen-bond donors (Lipinski definition) is 2. The molecule has 1 unspecified atom stereocenters. The number of fused-ring (bicyclic) bond motifs is 1. The highest BCUT2D eigenvalue weighted by Gasteiger charge is 2.15. The van der Waals surface area contributed by atoms with Crippen LogP contribution in [0.15, 0.2) is 12.4 Å². The van der Waals surface area contributed by atoms with Crippen LogP contribution in [0.4, 0.5) is 11.8 Å². The molecule has 0 fully saturated rings. The third kappa shape index (κ3) is 2.18. The first-order valence-corrected chi connectivity index (χ1v) is 7.00. The monoisotopic (exact) mass is 289 g/mol. The summed E-state index contributed by atoms with van der Waals surface area (Å²) in [5.41, 5.74) is 5.77. The predicted molar refractivity (Wildman–Crippen MR) is 79.6 cm³/mol. The first-order valence-electron chi connectivity index (χ1n) is 6.18. The molecule has 20 heavy (non-hydrogen) atoms. The molecule has 3 heterocycles. The fraction of sp³-hybridized carbons (Fsp3) is 0.333. The summed E-state index contributed by atoms with van der Waals surface area (Å²) in [5.74, 6) is 1.83. The second kappa shape index (κ2) is 4.71. The van der Waals surface area contributed by atoms with Crippen LogP contribution in [-0.2, 0) is 7.05 Å². The lowest BCUT2D eigenvalue weighted by Gasteiger charge is -2.14. The average Bonchev–Trinajstić information content (AvgIpc) is 2.94. The molecule has 7 nitrogen and oxygen atoms in total. The van der Waals surface area contributed by atoms with E-state index in [2.05, 4.69) is 31.5 Å². The van der Waals surface area contributed by atoms with Crippen LogP contribution in [0.5, 0.6) is 0 Å². The second-order valence-electron chi connectivity index (χ2n) is 4.67. The van der Waals surface area contributed by atoms with E-state index < -0.39 is 0 Å². The Morgan fingerprint density at radius 2 is 2.20 bits per heavy atom. The van der Waals surface area contributed by atoms with Crippen LogP contribution in [0.2, 0.25) is 0 Å². The number of rotatable bonds is 3. The summed E-state index contributed by atoms with van der Waals surface area (Å²) in [7, 11) is 1.91. The van der Waals surface area contributed by atoms with Crippen molar-refractivity contribution < 1.29 is 0 Å². The van der Waals surface area contributed by atoms with Crippen molar-refractivity contribution in [3.05, 3.63) is 23.1 Å². The quantitative estimate of drug-likeness (QED) is 0.764. The summed E-state index contributed by atoms with van der Waals surface area (Å²) in [6.07, 6.45) is 1.67. The molecule has 8 heteroatoms. The lowest BCUT2D eigenvalue weighted by atomic mass is 10.3. The van der Waals surface area contributed by atoms with Crippen LogP contribution in [-0.4, -0.2) is 24.7 Å². The van der Waals surface area contributed by atoms with Gasteiger partial charge in [0, 0.05) is 11.9 Å². The molecule has 0 spiro atoms. The minimum atomic E-state index is -0.0276. The summed E-state index contributed by atoms with van der Waals surface area (Å²) >= 11 is 1.60. The van der Waals surface area contributed by atoms with Gasteiger partial charge in [-0.2, -0.15) is 4.98 Å². The fourth-order valence-electron chi connectivity index (χ4n) is 2.12. The van der Waals surface area contributed by atoms with E-state index in [1.165, 1.54) is 4.88 Å². The van der Waals surface area contributed by atoms with E-state index in [4.69, 9.17) is 5.73 Å². The molecule has 0 bridgehead atoms. The van der Waals surface area contributed by atoms with Crippen LogP contribution in [0, 0.1) is 6.92 Å². The molecule has 0 aliphatic rings. The molecular weight excluding hydrogens is 274 g/mol. The average molecular weight is 289 g/mol. The summed E-state index contributed by atoms with van der Waals surface area (Å²) < 4.78 is 1.87. The first-order chi connectivity index (χ1) is 9.54. The van der Waals surface area contributed by atoms with Crippen LogP contribution >= 0.6 is 11.3 Å². The maximum absolute atomic E-state index is 5.77. The number of nitrogens with zero attached hydrogens (tertiary/aromatic N) is 5. The van der Waals surface area contributed by atoms with E-state index in [9.17, 15) is 0 Å². The van der Waals surface area contributed by atoms with Gasteiger partial charge in [-0.3, -0.25) is 0 Å². The molecule has 104 valence electrons. The Labute approximate surface area is 119 Å². The number of aryl methyl sites for hydroxylation is 2. The smallest absolute Gasteiger partial charge is 0.223 e. The Kier molecular flexibility index (Phi) is 3.01. The van der Waals surface area contributed by atoms with E-state index in [1.807, 2.05) is 25.5 Å². The Hall–Kier alpha value is -2.22. The van der Waals surface area contributed by atoms with Crippen molar-refractivity contribution >= 4 is 33.3 Å². The molecular formula is C12H15N7S. The largest absolute Gasteiger partial charge is 0.368 e. The molecule has 0 aromatic carbocycles. The lowest BCUT2D eigenvalue weighted by molar-refractivity contribution is 0.717. The van der Waals surface area contributed by atoms with Gasteiger partial charge < -0.3 is 15.6 Å². The molecule has 3 rings (SSSR count). The van der Waals surface area contributed by atoms with E-state index in [0.717, 1.165) is 21.9 Å². The van der Waals surface area contributed by atoms with Crippen molar-refractivity contribution in [1.82, 2.24) is 24.7 Å². The Balaban J connectivity index is 2.00. The molecule has 3 N–H and O–H groups in total. The van der Waals surface area contributed by atoms with Crippen molar-refractivity contribution in [1.29, 1.82) is 0 Å². The molecule has 0 saturated carbocycles. The van der Waals surface area contributed by atoms with Gasteiger partial charge >= 0.3 is 0 Å². The van der Waals surface area contributed by atoms with Gasteiger partial charge in [-0.15, -0.1) is 21.5 Å². The van der Waals surface area contributed by atoms with Crippen molar-refractivity contribution in [2.24, 2.45) is 7.05 Å². The Bertz CT molecular complexity index is 760. The first kappa shape index (κ1) is 12.8. The molecule has 0 radical (unpaired) electrons. The maximum Gasteiger partial charge on any atom is 0.223 e. The van der Waals surface area contributed by atoms with Gasteiger partial charge in [-0.05, 0) is 19.9 Å². The molecule has 1 atom stereocenters. The summed E-state index contributed by atoms with van der Waals surface area (Å²) in [6, 6.07) is 2.03. The van der Waals surface area contributed by atoms with Gasteiger partial charge in [-0.1, -0.05) is 0 Å². The molecule has 0 saturated heterocycles. The van der Waals surface area contributed by atoms with Crippen LogP contribution in [0.3, 0.4) is 0 Å². The molecule has 0 aliphatic heterocycles. The number of thiophene rings is 1. The van der Waals surface area contributed by atoms with Crippen LogP contribution in [0.1, 0.15) is 23.7 Å². The van der Waals surface area contributed by atoms with Crippen LogP contribution in [0.25, 0.3) is 10.2 Å². The van der Waals surface area contributed by atoms with Crippen molar-refractivity contribution in [3.8, 4) is 0 Å². The zero-order valence-corrected chi connectivity index (χ0v) is 12.3. The van der Waals surface area contributed by atoms with E-state index >= 15 is 0 Å². The topological polar surface area (TPSA) is 94.5 Å². The number of anilines is 2. The third-order valence-corrected chi connectivity index (χ3v) is 3.96. The maximum atomic E-state index is 5.77. The van der Waals surface area contributed by atoms with Crippen LogP contribution < -0.4 is 11.1 Å². The van der Waals surface area contributed by atoms with Crippen molar-refractivity contribution in [3.63, 3.8) is 0 Å². The van der Waals surface area contributed by atoms with Gasteiger partial charge in [0.15, 0.2) is 5.82 Å². The fourth-order valence-corrected chi connectivity index (χ4v) is 3.01. The van der Waals surface area contributed by atoms with E-state index in [0.29, 0.717) is 0 Å². The molecule has 3 aromatic rings. The summed E-state index contributed by atoms with van der Waals surface area (Å²) in [6.45, 7) is 4.05. The van der Waals surface area contributed by atoms with Gasteiger partial charge in [0.2, 0.25) is 5.95 Å².